The number of para-hydroxylation sites is 1. The molecule has 0 aliphatic rings. The van der Waals surface area contributed by atoms with Crippen molar-refractivity contribution in [3.05, 3.63) is 47.8 Å². The number of halogens is 1. The third-order valence-corrected chi connectivity index (χ3v) is 3.21. The zero-order valence-electron chi connectivity index (χ0n) is 13.8. The Morgan fingerprint density at radius 3 is 2.23 bits per heavy atom. The lowest BCUT2D eigenvalue weighted by Gasteiger charge is -2.22. The second-order valence-electron chi connectivity index (χ2n) is 5.42. The van der Waals surface area contributed by atoms with Gasteiger partial charge in [0, 0.05) is 40.0 Å². The molecule has 1 aromatic heterocycles. The largest absolute Gasteiger partial charge is 0.349 e. The van der Waals surface area contributed by atoms with Crippen molar-refractivity contribution >= 4 is 29.9 Å². The number of aryl methyl sites for hydroxylation is 1. The molecule has 1 aromatic carbocycles. The Hall–Kier alpha value is -1.57. The van der Waals surface area contributed by atoms with Gasteiger partial charge in [-0.3, -0.25) is 0 Å². The summed E-state index contributed by atoms with van der Waals surface area (Å²) in [4.78, 5) is 8.70. The number of guanidine groups is 1. The summed E-state index contributed by atoms with van der Waals surface area (Å²) < 4.78 is 1.91. The van der Waals surface area contributed by atoms with E-state index in [0.29, 0.717) is 6.54 Å². The Kier molecular flexibility index (Phi) is 6.86. The number of hydrogen-bond acceptors (Lipinski definition) is 2. The van der Waals surface area contributed by atoms with Crippen molar-refractivity contribution in [1.82, 2.24) is 19.6 Å². The molecule has 0 saturated carbocycles. The van der Waals surface area contributed by atoms with Gasteiger partial charge >= 0.3 is 0 Å². The van der Waals surface area contributed by atoms with Crippen LogP contribution in [0.5, 0.6) is 0 Å². The van der Waals surface area contributed by atoms with Gasteiger partial charge in [0.2, 0.25) is 0 Å². The maximum absolute atomic E-state index is 4.68. The molecule has 6 heteroatoms. The fraction of sp³-hybridized carbons (Fsp3) is 0.375. The van der Waals surface area contributed by atoms with Gasteiger partial charge in [-0.1, -0.05) is 18.2 Å². The number of aliphatic imine (C=N–C) groups is 1. The molecule has 0 N–H and O–H groups in total. The minimum Gasteiger partial charge on any atom is -0.349 e. The van der Waals surface area contributed by atoms with E-state index in [0.717, 1.165) is 22.9 Å². The predicted molar refractivity (Wildman–Crippen MR) is 102 cm³/mol. The molecule has 120 valence electrons. The van der Waals surface area contributed by atoms with E-state index in [-0.39, 0.29) is 24.0 Å². The van der Waals surface area contributed by atoms with Crippen LogP contribution in [-0.2, 0) is 6.54 Å². The Balaban J connectivity index is 0.00000242. The molecule has 0 unspecified atom stereocenters. The number of hydrogen-bond donors (Lipinski definition) is 0. The second kappa shape index (κ2) is 8.17. The van der Waals surface area contributed by atoms with Crippen molar-refractivity contribution in [2.45, 2.75) is 13.5 Å². The molecule has 0 bridgehead atoms. The molecule has 0 aliphatic heterocycles. The summed E-state index contributed by atoms with van der Waals surface area (Å²) in [5, 5.41) is 4.57. The van der Waals surface area contributed by atoms with E-state index in [2.05, 4.69) is 16.3 Å². The molecular weight excluding hydrogens is 389 g/mol. The first-order valence-corrected chi connectivity index (χ1v) is 6.98. The SMILES string of the molecule is Cc1nn(-c2ccccc2)cc1CN=C(N(C)C)N(C)C.I. The minimum absolute atomic E-state index is 0. The predicted octanol–water partition coefficient (Wildman–Crippen LogP) is 2.78. The van der Waals surface area contributed by atoms with Crippen LogP contribution < -0.4 is 0 Å². The van der Waals surface area contributed by atoms with Crippen LogP contribution in [0.4, 0.5) is 0 Å². The van der Waals surface area contributed by atoms with Gasteiger partial charge in [0.05, 0.1) is 17.9 Å². The molecule has 0 radical (unpaired) electrons. The van der Waals surface area contributed by atoms with E-state index in [4.69, 9.17) is 0 Å². The van der Waals surface area contributed by atoms with Gasteiger partial charge in [0.1, 0.15) is 0 Å². The van der Waals surface area contributed by atoms with Crippen molar-refractivity contribution in [1.29, 1.82) is 0 Å². The highest BCUT2D eigenvalue weighted by molar-refractivity contribution is 14.0. The number of aromatic nitrogens is 2. The van der Waals surface area contributed by atoms with E-state index >= 15 is 0 Å². The number of benzene rings is 1. The molecule has 2 aromatic rings. The summed E-state index contributed by atoms with van der Waals surface area (Å²) >= 11 is 0. The zero-order chi connectivity index (χ0) is 15.4. The zero-order valence-corrected chi connectivity index (χ0v) is 16.1. The van der Waals surface area contributed by atoms with Crippen molar-refractivity contribution in [2.75, 3.05) is 28.2 Å². The standard InChI is InChI=1S/C16H23N5.HI/c1-13-14(11-17-16(19(2)3)20(4)5)12-21(18-13)15-9-7-6-8-10-15;/h6-10,12H,11H2,1-5H3;1H. The molecule has 0 amide bonds. The summed E-state index contributed by atoms with van der Waals surface area (Å²) in [6.07, 6.45) is 2.05. The number of rotatable bonds is 3. The summed E-state index contributed by atoms with van der Waals surface area (Å²) in [7, 11) is 8.00. The number of nitrogens with zero attached hydrogens (tertiary/aromatic N) is 5. The van der Waals surface area contributed by atoms with Crippen LogP contribution >= 0.6 is 24.0 Å². The minimum atomic E-state index is 0. The third-order valence-electron chi connectivity index (χ3n) is 3.21. The van der Waals surface area contributed by atoms with Crippen LogP contribution in [0, 0.1) is 6.92 Å². The quantitative estimate of drug-likeness (QED) is 0.441. The van der Waals surface area contributed by atoms with Gasteiger partial charge < -0.3 is 9.80 Å². The lowest BCUT2D eigenvalue weighted by atomic mass is 10.2. The van der Waals surface area contributed by atoms with Crippen LogP contribution in [0.3, 0.4) is 0 Å². The molecule has 0 atom stereocenters. The van der Waals surface area contributed by atoms with Crippen LogP contribution in [0.15, 0.2) is 41.5 Å². The smallest absolute Gasteiger partial charge is 0.195 e. The average molecular weight is 413 g/mol. The molecule has 2 rings (SSSR count). The molecule has 0 saturated heterocycles. The van der Waals surface area contributed by atoms with Crippen LogP contribution in [0.1, 0.15) is 11.3 Å². The Morgan fingerprint density at radius 2 is 1.68 bits per heavy atom. The van der Waals surface area contributed by atoms with Crippen molar-refractivity contribution < 1.29 is 0 Å². The molecule has 1 heterocycles. The third kappa shape index (κ3) is 4.46. The van der Waals surface area contributed by atoms with E-state index in [1.165, 1.54) is 0 Å². The van der Waals surface area contributed by atoms with Gasteiger partial charge in [-0.05, 0) is 19.1 Å². The molecule has 22 heavy (non-hydrogen) atoms. The molecule has 0 fully saturated rings. The topological polar surface area (TPSA) is 36.7 Å². The Bertz CT molecular complexity index is 607. The van der Waals surface area contributed by atoms with E-state index in [9.17, 15) is 0 Å². The average Bonchev–Trinajstić information content (AvgIpc) is 2.81. The van der Waals surface area contributed by atoms with Crippen LogP contribution in [0.2, 0.25) is 0 Å². The Morgan fingerprint density at radius 1 is 1.09 bits per heavy atom. The van der Waals surface area contributed by atoms with Gasteiger partial charge in [0.15, 0.2) is 5.96 Å². The van der Waals surface area contributed by atoms with Crippen LogP contribution in [-0.4, -0.2) is 53.7 Å². The first-order chi connectivity index (χ1) is 9.99. The highest BCUT2D eigenvalue weighted by Gasteiger charge is 2.08. The van der Waals surface area contributed by atoms with Crippen molar-refractivity contribution in [2.24, 2.45) is 4.99 Å². The summed E-state index contributed by atoms with van der Waals surface area (Å²) in [5.41, 5.74) is 3.22. The van der Waals surface area contributed by atoms with Gasteiger partial charge in [-0.15, -0.1) is 24.0 Å². The van der Waals surface area contributed by atoms with E-state index < -0.39 is 0 Å². The van der Waals surface area contributed by atoms with Crippen molar-refractivity contribution in [3.8, 4) is 5.69 Å². The fourth-order valence-electron chi connectivity index (χ4n) is 2.20. The highest BCUT2D eigenvalue weighted by atomic mass is 127. The Labute approximate surface area is 149 Å². The highest BCUT2D eigenvalue weighted by Crippen LogP contribution is 2.13. The lowest BCUT2D eigenvalue weighted by molar-refractivity contribution is 0.479. The molecular formula is C16H24IN5. The fourth-order valence-corrected chi connectivity index (χ4v) is 2.20. The summed E-state index contributed by atoms with van der Waals surface area (Å²) in [6.45, 7) is 2.65. The van der Waals surface area contributed by atoms with Crippen LogP contribution in [0.25, 0.3) is 5.69 Å². The molecule has 5 nitrogen and oxygen atoms in total. The first-order valence-electron chi connectivity index (χ1n) is 6.98. The van der Waals surface area contributed by atoms with Gasteiger partial charge in [-0.2, -0.15) is 5.10 Å². The normalized spacial score (nSPS) is 9.86. The second-order valence-corrected chi connectivity index (χ2v) is 5.42. The molecule has 0 aliphatic carbocycles. The summed E-state index contributed by atoms with van der Waals surface area (Å²) in [6, 6.07) is 10.1. The van der Waals surface area contributed by atoms with Crippen molar-refractivity contribution in [3.63, 3.8) is 0 Å². The van der Waals surface area contributed by atoms with Gasteiger partial charge in [-0.25, -0.2) is 9.67 Å². The maximum Gasteiger partial charge on any atom is 0.195 e. The maximum atomic E-state index is 4.68. The monoisotopic (exact) mass is 413 g/mol. The van der Waals surface area contributed by atoms with E-state index in [1.807, 2.05) is 79.9 Å². The first kappa shape index (κ1) is 18.5. The van der Waals surface area contributed by atoms with Gasteiger partial charge in [0.25, 0.3) is 0 Å². The van der Waals surface area contributed by atoms with E-state index in [1.54, 1.807) is 0 Å². The summed E-state index contributed by atoms with van der Waals surface area (Å²) in [5.74, 6) is 0.946. The molecule has 0 spiro atoms. The lowest BCUT2D eigenvalue weighted by Crippen LogP contribution is -2.35.